The van der Waals surface area contributed by atoms with Crippen molar-refractivity contribution in [1.29, 1.82) is 0 Å². The Morgan fingerprint density at radius 1 is 1.12 bits per heavy atom. The zero-order valence-electron chi connectivity index (χ0n) is 13.2. The first kappa shape index (κ1) is 15.4. The number of nitrogens with zero attached hydrogens (tertiary/aromatic N) is 5. The molecule has 0 spiro atoms. The number of hydrogen-bond acceptors (Lipinski definition) is 6. The van der Waals surface area contributed by atoms with E-state index < -0.39 is 6.10 Å². The molecular weight excluding hydrogens is 322 g/mol. The molecule has 1 aromatic carbocycles. The molecule has 0 saturated carbocycles. The van der Waals surface area contributed by atoms with Crippen LogP contribution in [0.15, 0.2) is 41.8 Å². The smallest absolute Gasteiger partial charge is 0.214 e. The highest BCUT2D eigenvalue weighted by Gasteiger charge is 2.19. The third-order valence-corrected chi connectivity index (χ3v) is 5.11. The second-order valence-corrected chi connectivity index (χ2v) is 7.00. The maximum atomic E-state index is 10.4. The molecule has 0 fully saturated rings. The minimum atomic E-state index is -0.513. The Hall–Kier alpha value is -2.09. The van der Waals surface area contributed by atoms with Gasteiger partial charge in [0.15, 0.2) is 0 Å². The van der Waals surface area contributed by atoms with Gasteiger partial charge in [-0.3, -0.25) is 4.90 Å². The van der Waals surface area contributed by atoms with E-state index in [2.05, 4.69) is 44.6 Å². The predicted molar refractivity (Wildman–Crippen MR) is 92.6 cm³/mol. The molecule has 1 N–H and O–H groups in total. The van der Waals surface area contributed by atoms with E-state index in [1.165, 1.54) is 15.9 Å². The second-order valence-electron chi connectivity index (χ2n) is 6.05. The highest BCUT2D eigenvalue weighted by Crippen LogP contribution is 2.20. The summed E-state index contributed by atoms with van der Waals surface area (Å²) in [5.74, 6) is 0.615. The third-order valence-electron chi connectivity index (χ3n) is 4.25. The quantitative estimate of drug-likeness (QED) is 0.767. The van der Waals surface area contributed by atoms with Crippen LogP contribution in [0.4, 0.5) is 0 Å². The van der Waals surface area contributed by atoms with Crippen LogP contribution >= 0.6 is 11.3 Å². The summed E-state index contributed by atoms with van der Waals surface area (Å²) in [6, 6.07) is 12.4. The molecule has 4 rings (SSSR count). The first-order chi connectivity index (χ1) is 11.8. The molecule has 0 unspecified atom stereocenters. The fourth-order valence-electron chi connectivity index (χ4n) is 3.08. The standard InChI is InChI=1S/C17H19N5OS/c23-15(11-21-8-7-13-4-1-2-5-14(13)10-21)12-22-19-17(18-20-22)16-6-3-9-24-16/h1-6,9,15,23H,7-8,10-12H2/t15-/m0/s1. The number of benzene rings is 1. The van der Waals surface area contributed by atoms with Gasteiger partial charge in [-0.25, -0.2) is 0 Å². The monoisotopic (exact) mass is 341 g/mol. The molecule has 24 heavy (non-hydrogen) atoms. The number of aliphatic hydroxyl groups is 1. The third kappa shape index (κ3) is 3.38. The van der Waals surface area contributed by atoms with Gasteiger partial charge in [0.05, 0.1) is 17.5 Å². The van der Waals surface area contributed by atoms with Crippen molar-refractivity contribution < 1.29 is 5.11 Å². The fraction of sp³-hybridized carbons (Fsp3) is 0.353. The van der Waals surface area contributed by atoms with Crippen molar-refractivity contribution in [1.82, 2.24) is 25.1 Å². The first-order valence-corrected chi connectivity index (χ1v) is 8.95. The highest BCUT2D eigenvalue weighted by molar-refractivity contribution is 7.13. The molecule has 6 nitrogen and oxygen atoms in total. The van der Waals surface area contributed by atoms with E-state index in [4.69, 9.17) is 0 Å². The topological polar surface area (TPSA) is 67.1 Å². The van der Waals surface area contributed by atoms with Gasteiger partial charge < -0.3 is 5.11 Å². The lowest BCUT2D eigenvalue weighted by atomic mass is 10.00. The van der Waals surface area contributed by atoms with E-state index >= 15 is 0 Å². The number of β-amino-alcohol motifs (C(OH)–C–C–N with tert-alkyl or cyclic N) is 1. The van der Waals surface area contributed by atoms with Crippen LogP contribution in [0.2, 0.25) is 0 Å². The van der Waals surface area contributed by atoms with E-state index in [1.807, 2.05) is 17.5 Å². The molecule has 0 radical (unpaired) electrons. The van der Waals surface area contributed by atoms with E-state index in [9.17, 15) is 5.11 Å². The molecule has 1 aliphatic heterocycles. The van der Waals surface area contributed by atoms with Crippen molar-refractivity contribution in [3.63, 3.8) is 0 Å². The number of hydrogen-bond donors (Lipinski definition) is 1. The van der Waals surface area contributed by atoms with Crippen LogP contribution in [0.5, 0.6) is 0 Å². The number of aromatic nitrogens is 4. The van der Waals surface area contributed by atoms with Crippen molar-refractivity contribution >= 4 is 11.3 Å². The summed E-state index contributed by atoms with van der Waals surface area (Å²) in [6.45, 7) is 2.83. The van der Waals surface area contributed by atoms with Gasteiger partial charge in [-0.1, -0.05) is 30.3 Å². The molecule has 0 bridgehead atoms. The Kier molecular flexibility index (Phi) is 4.38. The van der Waals surface area contributed by atoms with Crippen LogP contribution < -0.4 is 0 Å². The second kappa shape index (κ2) is 6.80. The van der Waals surface area contributed by atoms with Crippen LogP contribution in [-0.2, 0) is 19.5 Å². The molecule has 1 aliphatic rings. The Labute approximate surface area is 144 Å². The fourth-order valence-corrected chi connectivity index (χ4v) is 3.73. The zero-order chi connectivity index (χ0) is 16.4. The number of aliphatic hydroxyl groups excluding tert-OH is 1. The predicted octanol–water partition coefficient (Wildman–Crippen LogP) is 1.82. The summed E-state index contributed by atoms with van der Waals surface area (Å²) < 4.78 is 0. The van der Waals surface area contributed by atoms with Crippen molar-refractivity contribution in [2.75, 3.05) is 13.1 Å². The van der Waals surface area contributed by atoms with Gasteiger partial charge in [-0.05, 0) is 34.2 Å². The lowest BCUT2D eigenvalue weighted by Crippen LogP contribution is -2.38. The molecule has 3 heterocycles. The van der Waals surface area contributed by atoms with Gasteiger partial charge in [0.2, 0.25) is 5.82 Å². The maximum Gasteiger partial charge on any atom is 0.214 e. The zero-order valence-corrected chi connectivity index (χ0v) is 14.1. The Morgan fingerprint density at radius 3 is 2.83 bits per heavy atom. The lowest BCUT2D eigenvalue weighted by molar-refractivity contribution is 0.0849. The van der Waals surface area contributed by atoms with Crippen LogP contribution in [0.3, 0.4) is 0 Å². The molecule has 124 valence electrons. The molecule has 1 atom stereocenters. The number of thiophene rings is 1. The van der Waals surface area contributed by atoms with E-state index in [0.717, 1.165) is 24.4 Å². The summed E-state index contributed by atoms with van der Waals surface area (Å²) in [6.07, 6.45) is 0.521. The van der Waals surface area contributed by atoms with Gasteiger partial charge in [-0.2, -0.15) is 4.80 Å². The summed E-state index contributed by atoms with van der Waals surface area (Å²) in [5.41, 5.74) is 2.77. The molecule has 0 aliphatic carbocycles. The normalized spacial score (nSPS) is 16.0. The number of rotatable bonds is 5. The van der Waals surface area contributed by atoms with Crippen LogP contribution in [0, 0.1) is 0 Å². The van der Waals surface area contributed by atoms with Crippen LogP contribution in [0.1, 0.15) is 11.1 Å². The molecule has 0 saturated heterocycles. The first-order valence-electron chi connectivity index (χ1n) is 8.07. The number of tetrazole rings is 1. The average molecular weight is 341 g/mol. The SMILES string of the molecule is O[C@@H](CN1CCc2ccccc2C1)Cn1nnc(-c2cccs2)n1. The molecule has 7 heteroatoms. The minimum Gasteiger partial charge on any atom is -0.390 e. The van der Waals surface area contributed by atoms with Crippen molar-refractivity contribution in [3.05, 3.63) is 52.9 Å². The van der Waals surface area contributed by atoms with Gasteiger partial charge in [0.1, 0.15) is 0 Å². The molecule has 3 aromatic rings. The summed E-state index contributed by atoms with van der Waals surface area (Å²) in [5, 5.41) is 24.8. The van der Waals surface area contributed by atoms with Crippen molar-refractivity contribution in [2.24, 2.45) is 0 Å². The van der Waals surface area contributed by atoms with Crippen molar-refractivity contribution in [2.45, 2.75) is 25.6 Å². The Bertz CT molecular complexity index is 801. The van der Waals surface area contributed by atoms with E-state index in [-0.39, 0.29) is 0 Å². The summed E-state index contributed by atoms with van der Waals surface area (Å²) in [4.78, 5) is 4.75. The lowest BCUT2D eigenvalue weighted by Gasteiger charge is -2.30. The Morgan fingerprint density at radius 2 is 2.00 bits per heavy atom. The minimum absolute atomic E-state index is 0.358. The highest BCUT2D eigenvalue weighted by atomic mass is 32.1. The van der Waals surface area contributed by atoms with Gasteiger partial charge in [-0.15, -0.1) is 21.5 Å². The van der Waals surface area contributed by atoms with Gasteiger partial charge >= 0.3 is 0 Å². The molecule has 2 aromatic heterocycles. The van der Waals surface area contributed by atoms with Crippen LogP contribution in [0.25, 0.3) is 10.7 Å². The van der Waals surface area contributed by atoms with E-state index in [0.29, 0.717) is 18.9 Å². The summed E-state index contributed by atoms with van der Waals surface area (Å²) >= 11 is 1.58. The molecule has 0 amide bonds. The van der Waals surface area contributed by atoms with Crippen LogP contribution in [-0.4, -0.2) is 49.4 Å². The van der Waals surface area contributed by atoms with Gasteiger partial charge in [0.25, 0.3) is 0 Å². The largest absolute Gasteiger partial charge is 0.390 e. The van der Waals surface area contributed by atoms with Crippen molar-refractivity contribution in [3.8, 4) is 10.7 Å². The molecular formula is C17H19N5OS. The van der Waals surface area contributed by atoms with Gasteiger partial charge in [0, 0.05) is 19.6 Å². The number of fused-ring (bicyclic) bond motifs is 1. The average Bonchev–Trinajstić information content (AvgIpc) is 3.26. The maximum absolute atomic E-state index is 10.4. The Balaban J connectivity index is 1.35. The van der Waals surface area contributed by atoms with E-state index in [1.54, 1.807) is 11.3 Å². The summed E-state index contributed by atoms with van der Waals surface area (Å²) in [7, 11) is 0.